The zero-order valence-corrected chi connectivity index (χ0v) is 13.9. The van der Waals surface area contributed by atoms with Crippen molar-refractivity contribution in [3.8, 4) is 0 Å². The topological polar surface area (TPSA) is 102 Å². The highest BCUT2D eigenvalue weighted by molar-refractivity contribution is 5.70. The van der Waals surface area contributed by atoms with Crippen LogP contribution in [-0.2, 0) is 19.6 Å². The molecule has 0 aliphatic rings. The van der Waals surface area contributed by atoms with E-state index in [-0.39, 0.29) is 24.4 Å². The van der Waals surface area contributed by atoms with E-state index >= 15 is 0 Å². The number of aryl methyl sites for hydroxylation is 2. The Balaban J connectivity index is 2.36. The molecule has 1 unspecified atom stereocenters. The van der Waals surface area contributed by atoms with Crippen molar-refractivity contribution < 1.29 is 10.2 Å². The average molecular weight is 336 g/mol. The average Bonchev–Trinajstić information content (AvgIpc) is 2.99. The maximum atomic E-state index is 12.6. The first kappa shape index (κ1) is 18.2. The van der Waals surface area contributed by atoms with Crippen LogP contribution in [-0.4, -0.2) is 41.6 Å². The predicted octanol–water partition coefficient (Wildman–Crippen LogP) is 0.0891. The Morgan fingerprint density at radius 1 is 1.33 bits per heavy atom. The van der Waals surface area contributed by atoms with Gasteiger partial charge in [-0.1, -0.05) is 6.08 Å². The van der Waals surface area contributed by atoms with Crippen molar-refractivity contribution in [2.75, 3.05) is 6.61 Å². The fraction of sp³-hybridized carbons (Fsp3) is 0.562. The van der Waals surface area contributed by atoms with Crippen molar-refractivity contribution in [2.24, 2.45) is 0 Å². The Morgan fingerprint density at radius 3 is 2.71 bits per heavy atom. The number of rotatable bonds is 9. The minimum absolute atomic E-state index is 0.154. The van der Waals surface area contributed by atoms with Crippen molar-refractivity contribution >= 4 is 11.2 Å². The number of aromatic nitrogens is 4. The van der Waals surface area contributed by atoms with E-state index in [0.29, 0.717) is 30.7 Å². The summed E-state index contributed by atoms with van der Waals surface area (Å²) in [6.45, 7) is 6.31. The van der Waals surface area contributed by atoms with Crippen LogP contribution in [0.2, 0.25) is 0 Å². The summed E-state index contributed by atoms with van der Waals surface area (Å²) in [4.78, 5) is 29.3. The molecule has 1 atom stereocenters. The van der Waals surface area contributed by atoms with Gasteiger partial charge in [0.1, 0.15) is 0 Å². The van der Waals surface area contributed by atoms with Crippen LogP contribution in [0.25, 0.3) is 11.2 Å². The smallest absolute Gasteiger partial charge is 0.333 e. The number of aliphatic hydroxyl groups is 2. The number of allylic oxidation sites excluding steroid dienone is 1. The first-order chi connectivity index (χ1) is 11.5. The number of hydrogen-bond donors (Lipinski definition) is 2. The molecule has 0 aliphatic carbocycles. The van der Waals surface area contributed by atoms with Gasteiger partial charge >= 0.3 is 5.69 Å². The molecule has 2 aromatic rings. The lowest BCUT2D eigenvalue weighted by atomic mass is 10.1. The van der Waals surface area contributed by atoms with E-state index in [0.717, 1.165) is 17.4 Å². The van der Waals surface area contributed by atoms with Gasteiger partial charge in [0.2, 0.25) is 0 Å². The number of aliphatic hydroxyl groups excluding tert-OH is 2. The molecule has 0 spiro atoms. The second-order valence-electron chi connectivity index (χ2n) is 5.67. The third-order valence-corrected chi connectivity index (χ3v) is 4.01. The zero-order valence-electron chi connectivity index (χ0n) is 13.9. The van der Waals surface area contributed by atoms with E-state index < -0.39 is 6.10 Å². The maximum absolute atomic E-state index is 12.6. The summed E-state index contributed by atoms with van der Waals surface area (Å²) < 4.78 is 4.38. The summed E-state index contributed by atoms with van der Waals surface area (Å²) in [5.74, 6) is 0. The van der Waals surface area contributed by atoms with E-state index in [4.69, 9.17) is 5.11 Å². The molecule has 0 fully saturated rings. The number of nitrogens with zero attached hydrogens (tertiary/aromatic N) is 4. The zero-order chi connectivity index (χ0) is 17.7. The standard InChI is InChI=1S/C16H24N4O4/c1-3-8-20-15(23)13-14(19(4-2)16(20)24)17-11-18(13)9-6-5-7-12(22)10-21/h3,11-12,21-22H,1,4-10H2,2H3. The van der Waals surface area contributed by atoms with Gasteiger partial charge in [0.25, 0.3) is 5.56 Å². The molecule has 2 aromatic heterocycles. The largest absolute Gasteiger partial charge is 0.394 e. The van der Waals surface area contributed by atoms with Crippen LogP contribution < -0.4 is 11.2 Å². The van der Waals surface area contributed by atoms with Crippen molar-refractivity contribution in [3.05, 3.63) is 39.8 Å². The number of hydrogen-bond acceptors (Lipinski definition) is 5. The number of unbranched alkanes of at least 4 members (excludes halogenated alkanes) is 1. The lowest BCUT2D eigenvalue weighted by Crippen LogP contribution is -2.40. The molecule has 8 heteroatoms. The van der Waals surface area contributed by atoms with Crippen LogP contribution in [0.4, 0.5) is 0 Å². The lowest BCUT2D eigenvalue weighted by molar-refractivity contribution is 0.0859. The summed E-state index contributed by atoms with van der Waals surface area (Å²) >= 11 is 0. The Bertz CT molecular complexity index is 818. The van der Waals surface area contributed by atoms with Crippen molar-refractivity contribution in [2.45, 2.75) is 51.9 Å². The second-order valence-corrected chi connectivity index (χ2v) is 5.67. The Morgan fingerprint density at radius 2 is 2.08 bits per heavy atom. The quantitative estimate of drug-likeness (QED) is 0.499. The summed E-state index contributed by atoms with van der Waals surface area (Å²) in [7, 11) is 0. The van der Waals surface area contributed by atoms with E-state index in [1.807, 2.05) is 6.92 Å². The van der Waals surface area contributed by atoms with Gasteiger partial charge in [0.05, 0.1) is 19.0 Å². The third-order valence-electron chi connectivity index (χ3n) is 4.01. The van der Waals surface area contributed by atoms with Crippen LogP contribution in [0.5, 0.6) is 0 Å². The molecule has 0 amide bonds. The molecule has 0 aromatic carbocycles. The molecule has 0 saturated heterocycles. The molecule has 132 valence electrons. The van der Waals surface area contributed by atoms with Crippen LogP contribution in [0, 0.1) is 0 Å². The Hall–Kier alpha value is -2.19. The minimum Gasteiger partial charge on any atom is -0.394 e. The molecule has 2 rings (SSSR count). The molecule has 0 bridgehead atoms. The molecular formula is C16H24N4O4. The number of imidazole rings is 1. The van der Waals surface area contributed by atoms with Crippen LogP contribution in [0.3, 0.4) is 0 Å². The molecule has 0 aliphatic heterocycles. The van der Waals surface area contributed by atoms with Gasteiger partial charge in [0.15, 0.2) is 11.2 Å². The van der Waals surface area contributed by atoms with Crippen LogP contribution >= 0.6 is 0 Å². The highest BCUT2D eigenvalue weighted by Crippen LogP contribution is 2.10. The second kappa shape index (κ2) is 8.07. The maximum Gasteiger partial charge on any atom is 0.333 e. The fourth-order valence-electron chi connectivity index (χ4n) is 2.74. The first-order valence-corrected chi connectivity index (χ1v) is 8.13. The van der Waals surface area contributed by atoms with E-state index in [1.54, 1.807) is 10.9 Å². The fourth-order valence-corrected chi connectivity index (χ4v) is 2.74. The van der Waals surface area contributed by atoms with Gasteiger partial charge in [-0.15, -0.1) is 6.58 Å². The minimum atomic E-state index is -0.709. The van der Waals surface area contributed by atoms with Crippen molar-refractivity contribution in [1.82, 2.24) is 18.7 Å². The molecule has 2 N–H and O–H groups in total. The monoisotopic (exact) mass is 336 g/mol. The van der Waals surface area contributed by atoms with Gasteiger partial charge in [-0.05, 0) is 26.2 Å². The molecule has 2 heterocycles. The highest BCUT2D eigenvalue weighted by Gasteiger charge is 2.16. The number of fused-ring (bicyclic) bond motifs is 1. The van der Waals surface area contributed by atoms with Crippen LogP contribution in [0.1, 0.15) is 26.2 Å². The molecule has 0 radical (unpaired) electrons. The van der Waals surface area contributed by atoms with Gasteiger partial charge in [-0.25, -0.2) is 9.78 Å². The normalized spacial score (nSPS) is 12.6. The molecular weight excluding hydrogens is 312 g/mol. The van der Waals surface area contributed by atoms with Crippen molar-refractivity contribution in [1.29, 1.82) is 0 Å². The van der Waals surface area contributed by atoms with E-state index in [1.165, 1.54) is 10.6 Å². The lowest BCUT2D eigenvalue weighted by Gasteiger charge is -2.10. The van der Waals surface area contributed by atoms with Gasteiger partial charge in [0, 0.05) is 19.6 Å². The van der Waals surface area contributed by atoms with E-state index in [2.05, 4.69) is 11.6 Å². The first-order valence-electron chi connectivity index (χ1n) is 8.13. The van der Waals surface area contributed by atoms with Gasteiger partial charge in [-0.2, -0.15) is 0 Å². The van der Waals surface area contributed by atoms with E-state index in [9.17, 15) is 14.7 Å². The molecule has 24 heavy (non-hydrogen) atoms. The van der Waals surface area contributed by atoms with Crippen LogP contribution in [0.15, 0.2) is 28.6 Å². The van der Waals surface area contributed by atoms with Crippen molar-refractivity contribution in [3.63, 3.8) is 0 Å². The summed E-state index contributed by atoms with van der Waals surface area (Å²) in [6.07, 6.45) is 4.33. The third kappa shape index (κ3) is 3.49. The molecule has 0 saturated carbocycles. The Kier molecular flexibility index (Phi) is 6.10. The SMILES string of the molecule is C=CCn1c(=O)c2c(ncn2CCCCC(O)CO)n(CC)c1=O. The predicted molar refractivity (Wildman–Crippen MR) is 91.1 cm³/mol. The molecule has 8 nitrogen and oxygen atoms in total. The summed E-state index contributed by atoms with van der Waals surface area (Å²) in [5.41, 5.74) is 0.0444. The highest BCUT2D eigenvalue weighted by atomic mass is 16.3. The van der Waals surface area contributed by atoms with Gasteiger partial charge < -0.3 is 14.8 Å². The summed E-state index contributed by atoms with van der Waals surface area (Å²) in [6, 6.07) is 0. The van der Waals surface area contributed by atoms with Gasteiger partial charge in [-0.3, -0.25) is 13.9 Å². The summed E-state index contributed by atoms with van der Waals surface area (Å²) in [5, 5.41) is 18.2. The Labute approximate surface area is 139 Å².